The molecule has 2 nitrogen and oxygen atoms in total. The second-order valence-electron chi connectivity index (χ2n) is 4.56. The topological polar surface area (TPSA) is 20.9 Å². The van der Waals surface area contributed by atoms with Crippen LogP contribution in [0.2, 0.25) is 0 Å². The van der Waals surface area contributed by atoms with Gasteiger partial charge in [0, 0.05) is 28.6 Å². The molecule has 1 heterocycles. The summed E-state index contributed by atoms with van der Waals surface area (Å²) in [4.78, 5) is 10.8. The number of benzene rings is 2. The molecule has 0 atom stereocenters. The summed E-state index contributed by atoms with van der Waals surface area (Å²) >= 11 is 0. The van der Waals surface area contributed by atoms with Gasteiger partial charge in [0.25, 0.3) is 0 Å². The Morgan fingerprint density at radius 2 is 1.79 bits per heavy atom. The summed E-state index contributed by atoms with van der Waals surface area (Å²) in [5, 5.41) is 1.22. The van der Waals surface area contributed by atoms with Crippen molar-refractivity contribution in [1.82, 2.24) is 0 Å². The van der Waals surface area contributed by atoms with Crippen LogP contribution in [0.25, 0.3) is 10.9 Å². The zero-order chi connectivity index (χ0) is 13.1. The van der Waals surface area contributed by atoms with E-state index in [2.05, 4.69) is 29.0 Å². The minimum atomic E-state index is 0.721. The van der Waals surface area contributed by atoms with Gasteiger partial charge in [0.05, 0.1) is 0 Å². The van der Waals surface area contributed by atoms with Crippen molar-refractivity contribution in [3.63, 3.8) is 0 Å². The molecule has 1 aromatic heterocycles. The standard InChI is InChI=1S/C17H14NO/c19-13-15-6-3-5-14(11-15)12-18-10-4-8-16-7-1-2-9-17(16)18/h1-11,13H,12H2/q+1. The second-order valence-corrected chi connectivity index (χ2v) is 4.56. The Bertz CT molecular complexity index is 729. The summed E-state index contributed by atoms with van der Waals surface area (Å²) in [6.45, 7) is 0.767. The normalized spacial score (nSPS) is 10.5. The van der Waals surface area contributed by atoms with Crippen molar-refractivity contribution in [2.75, 3.05) is 0 Å². The van der Waals surface area contributed by atoms with E-state index in [1.165, 1.54) is 10.9 Å². The van der Waals surface area contributed by atoms with Gasteiger partial charge in [-0.15, -0.1) is 0 Å². The van der Waals surface area contributed by atoms with Crippen LogP contribution in [-0.2, 0) is 6.54 Å². The Kier molecular flexibility index (Phi) is 3.07. The van der Waals surface area contributed by atoms with Gasteiger partial charge in [-0.1, -0.05) is 30.3 Å². The van der Waals surface area contributed by atoms with E-state index in [1.54, 1.807) is 0 Å². The number of aromatic nitrogens is 1. The van der Waals surface area contributed by atoms with Crippen LogP contribution in [0.15, 0.2) is 66.9 Å². The molecule has 0 saturated carbocycles. The molecule has 0 unspecified atom stereocenters. The molecule has 0 amide bonds. The first-order valence-electron chi connectivity index (χ1n) is 6.28. The van der Waals surface area contributed by atoms with E-state index in [1.807, 2.05) is 42.5 Å². The number of pyridine rings is 1. The Balaban J connectivity index is 2.03. The number of carbonyl (C=O) groups is 1. The molecule has 0 aliphatic carbocycles. The first-order valence-corrected chi connectivity index (χ1v) is 6.28. The summed E-state index contributed by atoms with van der Waals surface area (Å²) < 4.78 is 2.19. The highest BCUT2D eigenvalue weighted by Gasteiger charge is 2.08. The lowest BCUT2D eigenvalue weighted by molar-refractivity contribution is -0.662. The maximum atomic E-state index is 10.8. The van der Waals surface area contributed by atoms with Crippen LogP contribution in [0.4, 0.5) is 0 Å². The monoisotopic (exact) mass is 248 g/mol. The average Bonchev–Trinajstić information content (AvgIpc) is 2.48. The number of nitrogens with zero attached hydrogens (tertiary/aromatic N) is 1. The fourth-order valence-electron chi connectivity index (χ4n) is 2.32. The molecule has 0 spiro atoms. The number of carbonyl (C=O) groups excluding carboxylic acids is 1. The first-order chi connectivity index (χ1) is 9.36. The van der Waals surface area contributed by atoms with Crippen molar-refractivity contribution >= 4 is 17.2 Å². The fourth-order valence-corrected chi connectivity index (χ4v) is 2.32. The van der Waals surface area contributed by atoms with E-state index < -0.39 is 0 Å². The van der Waals surface area contributed by atoms with E-state index in [0.717, 1.165) is 24.0 Å². The predicted octanol–water partition coefficient (Wildman–Crippen LogP) is 2.99. The lowest BCUT2D eigenvalue weighted by atomic mass is 10.1. The molecule has 0 saturated heterocycles. The van der Waals surface area contributed by atoms with Gasteiger partial charge in [0.15, 0.2) is 12.7 Å². The number of hydrogen-bond acceptors (Lipinski definition) is 1. The lowest BCUT2D eigenvalue weighted by Crippen LogP contribution is -2.34. The van der Waals surface area contributed by atoms with Gasteiger partial charge in [-0.3, -0.25) is 4.79 Å². The number of hydrogen-bond donors (Lipinski definition) is 0. The van der Waals surface area contributed by atoms with Gasteiger partial charge in [-0.25, -0.2) is 0 Å². The average molecular weight is 248 g/mol. The minimum Gasteiger partial charge on any atom is -0.298 e. The van der Waals surface area contributed by atoms with Gasteiger partial charge >= 0.3 is 0 Å². The van der Waals surface area contributed by atoms with E-state index in [9.17, 15) is 4.79 Å². The maximum Gasteiger partial charge on any atom is 0.212 e. The highest BCUT2D eigenvalue weighted by Crippen LogP contribution is 2.09. The summed E-state index contributed by atoms with van der Waals surface area (Å²) in [5.74, 6) is 0. The zero-order valence-corrected chi connectivity index (χ0v) is 10.5. The molecule has 92 valence electrons. The minimum absolute atomic E-state index is 0.721. The van der Waals surface area contributed by atoms with Crippen LogP contribution in [-0.4, -0.2) is 6.29 Å². The Hall–Kier alpha value is -2.48. The Morgan fingerprint density at radius 1 is 0.947 bits per heavy atom. The third kappa shape index (κ3) is 2.38. The van der Waals surface area contributed by atoms with E-state index >= 15 is 0 Å². The molecule has 0 aliphatic heterocycles. The van der Waals surface area contributed by atoms with E-state index in [-0.39, 0.29) is 0 Å². The van der Waals surface area contributed by atoms with Gasteiger partial charge in [-0.2, -0.15) is 4.57 Å². The van der Waals surface area contributed by atoms with E-state index in [0.29, 0.717) is 0 Å². The summed E-state index contributed by atoms with van der Waals surface area (Å²) in [5.41, 5.74) is 3.05. The van der Waals surface area contributed by atoms with E-state index in [4.69, 9.17) is 0 Å². The van der Waals surface area contributed by atoms with Crippen molar-refractivity contribution in [3.8, 4) is 0 Å². The largest absolute Gasteiger partial charge is 0.298 e. The smallest absolute Gasteiger partial charge is 0.212 e. The molecule has 3 rings (SSSR count). The highest BCUT2D eigenvalue weighted by molar-refractivity contribution is 5.75. The van der Waals surface area contributed by atoms with Crippen LogP contribution in [0.3, 0.4) is 0 Å². The molecule has 0 radical (unpaired) electrons. The van der Waals surface area contributed by atoms with Crippen LogP contribution in [0.5, 0.6) is 0 Å². The number of fused-ring (bicyclic) bond motifs is 1. The molecule has 0 bridgehead atoms. The van der Waals surface area contributed by atoms with Gasteiger partial charge < -0.3 is 0 Å². The number of rotatable bonds is 3. The highest BCUT2D eigenvalue weighted by atomic mass is 16.1. The van der Waals surface area contributed by atoms with Crippen molar-refractivity contribution < 1.29 is 9.36 Å². The summed E-state index contributed by atoms with van der Waals surface area (Å²) in [6.07, 6.45) is 2.95. The van der Waals surface area contributed by atoms with Gasteiger partial charge in [-0.05, 0) is 18.2 Å². The molecule has 2 aromatic carbocycles. The van der Waals surface area contributed by atoms with Gasteiger partial charge in [0.1, 0.15) is 6.29 Å². The molecule has 0 aliphatic rings. The third-order valence-corrected chi connectivity index (χ3v) is 3.23. The van der Waals surface area contributed by atoms with Crippen LogP contribution in [0, 0.1) is 0 Å². The SMILES string of the molecule is O=Cc1cccc(C[n+]2cccc3ccccc32)c1. The molecule has 3 aromatic rings. The first kappa shape index (κ1) is 11.6. The molecule has 2 heteroatoms. The summed E-state index contributed by atoms with van der Waals surface area (Å²) in [7, 11) is 0. The number of para-hydroxylation sites is 1. The van der Waals surface area contributed by atoms with Crippen molar-refractivity contribution in [1.29, 1.82) is 0 Å². The second kappa shape index (κ2) is 5.02. The molecule has 0 N–H and O–H groups in total. The van der Waals surface area contributed by atoms with Crippen molar-refractivity contribution in [3.05, 3.63) is 78.0 Å². The van der Waals surface area contributed by atoms with Gasteiger partial charge in [0.2, 0.25) is 5.52 Å². The van der Waals surface area contributed by atoms with Crippen LogP contribution >= 0.6 is 0 Å². The fraction of sp³-hybridized carbons (Fsp3) is 0.0588. The quantitative estimate of drug-likeness (QED) is 0.515. The molecular formula is C17H14NO+. The van der Waals surface area contributed by atoms with Crippen molar-refractivity contribution in [2.45, 2.75) is 6.54 Å². The third-order valence-electron chi connectivity index (χ3n) is 3.23. The maximum absolute atomic E-state index is 10.8. The molecule has 0 fully saturated rings. The molecule has 19 heavy (non-hydrogen) atoms. The molecular weight excluding hydrogens is 234 g/mol. The summed E-state index contributed by atoms with van der Waals surface area (Å²) in [6, 6.07) is 20.2. The Labute approximate surface area is 111 Å². The van der Waals surface area contributed by atoms with Crippen LogP contribution < -0.4 is 4.57 Å². The lowest BCUT2D eigenvalue weighted by Gasteiger charge is -2.02. The van der Waals surface area contributed by atoms with Crippen molar-refractivity contribution in [2.24, 2.45) is 0 Å². The van der Waals surface area contributed by atoms with Crippen LogP contribution in [0.1, 0.15) is 15.9 Å². The Morgan fingerprint density at radius 3 is 2.68 bits per heavy atom. The predicted molar refractivity (Wildman–Crippen MR) is 75.1 cm³/mol. The number of aldehydes is 1. The zero-order valence-electron chi connectivity index (χ0n) is 10.5.